The lowest BCUT2D eigenvalue weighted by Crippen LogP contribution is -2.38. The monoisotopic (exact) mass is 346 g/mol. The predicted molar refractivity (Wildman–Crippen MR) is 101 cm³/mol. The summed E-state index contributed by atoms with van der Waals surface area (Å²) < 4.78 is 5.65. The van der Waals surface area contributed by atoms with E-state index in [0.717, 1.165) is 36.2 Å². The van der Waals surface area contributed by atoms with Crippen molar-refractivity contribution in [2.24, 2.45) is 4.99 Å². The van der Waals surface area contributed by atoms with Gasteiger partial charge in [0.1, 0.15) is 0 Å². The molecule has 0 saturated heterocycles. The highest BCUT2D eigenvalue weighted by molar-refractivity contribution is 7.09. The number of ether oxygens (including phenoxy) is 1. The topological polar surface area (TPSA) is 58.5 Å². The molecule has 130 valence electrons. The lowest BCUT2D eigenvalue weighted by molar-refractivity contribution is 0.128. The van der Waals surface area contributed by atoms with Crippen LogP contribution in [0.15, 0.2) is 40.7 Å². The van der Waals surface area contributed by atoms with E-state index in [1.54, 1.807) is 11.3 Å². The highest BCUT2D eigenvalue weighted by Crippen LogP contribution is 2.07. The summed E-state index contributed by atoms with van der Waals surface area (Å²) in [5.41, 5.74) is 2.32. The molecule has 0 saturated carbocycles. The van der Waals surface area contributed by atoms with Crippen LogP contribution in [-0.2, 0) is 17.8 Å². The van der Waals surface area contributed by atoms with Gasteiger partial charge in [0.25, 0.3) is 0 Å². The summed E-state index contributed by atoms with van der Waals surface area (Å²) in [5.74, 6) is 0.827. The second-order valence-corrected chi connectivity index (χ2v) is 6.40. The minimum atomic E-state index is 0.608. The fourth-order valence-corrected chi connectivity index (χ4v) is 2.81. The van der Waals surface area contributed by atoms with Gasteiger partial charge in [-0.15, -0.1) is 11.3 Å². The van der Waals surface area contributed by atoms with Gasteiger partial charge in [-0.25, -0.2) is 4.98 Å². The highest BCUT2D eigenvalue weighted by Gasteiger charge is 2.00. The summed E-state index contributed by atoms with van der Waals surface area (Å²) in [6.07, 6.45) is 0.902. The van der Waals surface area contributed by atoms with Gasteiger partial charge in [0.05, 0.1) is 30.5 Å². The molecule has 0 radical (unpaired) electrons. The largest absolute Gasteiger partial charge is 0.375 e. The maximum atomic E-state index is 5.65. The zero-order valence-electron chi connectivity index (χ0n) is 14.4. The fraction of sp³-hybridized carbons (Fsp3) is 0.444. The molecule has 2 aromatic rings. The number of aromatic nitrogens is 1. The van der Waals surface area contributed by atoms with E-state index in [1.165, 1.54) is 5.56 Å². The first-order chi connectivity index (χ1) is 11.8. The quantitative estimate of drug-likeness (QED) is 0.416. The van der Waals surface area contributed by atoms with Crippen molar-refractivity contribution in [3.8, 4) is 0 Å². The molecular formula is C18H26N4OS. The van der Waals surface area contributed by atoms with Gasteiger partial charge in [0, 0.05) is 24.9 Å². The van der Waals surface area contributed by atoms with Crippen LogP contribution in [0.2, 0.25) is 0 Å². The van der Waals surface area contributed by atoms with Crippen LogP contribution in [0.5, 0.6) is 0 Å². The molecule has 0 spiro atoms. The number of rotatable bonds is 9. The van der Waals surface area contributed by atoms with Crippen LogP contribution in [-0.4, -0.2) is 37.2 Å². The Hall–Kier alpha value is -1.92. The maximum absolute atomic E-state index is 5.65. The minimum absolute atomic E-state index is 0.608. The Morgan fingerprint density at radius 1 is 1.25 bits per heavy atom. The van der Waals surface area contributed by atoms with Crippen molar-refractivity contribution >= 4 is 17.3 Å². The van der Waals surface area contributed by atoms with Crippen LogP contribution in [0.4, 0.5) is 0 Å². The Labute approximate surface area is 148 Å². The van der Waals surface area contributed by atoms with Crippen LogP contribution in [0, 0.1) is 6.92 Å². The summed E-state index contributed by atoms with van der Waals surface area (Å²) >= 11 is 1.69. The van der Waals surface area contributed by atoms with Gasteiger partial charge in [0.15, 0.2) is 5.96 Å². The number of hydrogen-bond donors (Lipinski definition) is 2. The van der Waals surface area contributed by atoms with Gasteiger partial charge in [-0.2, -0.15) is 0 Å². The molecule has 1 aromatic heterocycles. The molecule has 6 heteroatoms. The summed E-state index contributed by atoms with van der Waals surface area (Å²) in [5, 5.41) is 9.80. The van der Waals surface area contributed by atoms with Gasteiger partial charge in [-0.1, -0.05) is 30.3 Å². The Balaban J connectivity index is 1.66. The normalized spacial score (nSPS) is 11.5. The number of hydrogen-bond acceptors (Lipinski definition) is 4. The standard InChI is InChI=1S/C18H26N4OS/c1-3-19-18(20-10-9-17-14-24-15(2)22-17)21-11-12-23-13-16-7-5-4-6-8-16/h4-8,14H,3,9-13H2,1-2H3,(H2,19,20,21). The van der Waals surface area contributed by atoms with Gasteiger partial charge >= 0.3 is 0 Å². The average Bonchev–Trinajstić information content (AvgIpc) is 3.01. The third-order valence-corrected chi connectivity index (χ3v) is 4.12. The van der Waals surface area contributed by atoms with Crippen LogP contribution in [0.25, 0.3) is 0 Å². The lowest BCUT2D eigenvalue weighted by Gasteiger charge is -2.10. The molecule has 0 aliphatic heterocycles. The number of aryl methyl sites for hydroxylation is 1. The van der Waals surface area contributed by atoms with E-state index < -0.39 is 0 Å². The first-order valence-corrected chi connectivity index (χ1v) is 9.20. The number of aliphatic imine (C=N–C) groups is 1. The molecule has 0 aliphatic carbocycles. The first kappa shape index (κ1) is 18.4. The molecule has 0 atom stereocenters. The van der Waals surface area contributed by atoms with Crippen LogP contribution in [0.1, 0.15) is 23.2 Å². The second-order valence-electron chi connectivity index (χ2n) is 5.33. The lowest BCUT2D eigenvalue weighted by atomic mass is 10.2. The highest BCUT2D eigenvalue weighted by atomic mass is 32.1. The number of benzene rings is 1. The smallest absolute Gasteiger partial charge is 0.191 e. The van der Waals surface area contributed by atoms with Crippen molar-refractivity contribution in [1.29, 1.82) is 0 Å². The summed E-state index contributed by atoms with van der Waals surface area (Å²) in [6, 6.07) is 10.2. The molecule has 2 rings (SSSR count). The van der Waals surface area contributed by atoms with Crippen LogP contribution < -0.4 is 10.6 Å². The molecule has 0 amide bonds. The van der Waals surface area contributed by atoms with Crippen LogP contribution in [0.3, 0.4) is 0 Å². The fourth-order valence-electron chi connectivity index (χ4n) is 2.16. The molecule has 0 bridgehead atoms. The van der Waals surface area contributed by atoms with E-state index in [-0.39, 0.29) is 0 Å². The molecule has 0 fully saturated rings. The third-order valence-electron chi connectivity index (χ3n) is 3.30. The molecule has 0 unspecified atom stereocenters. The van der Waals surface area contributed by atoms with Crippen molar-refractivity contribution in [1.82, 2.24) is 15.6 Å². The first-order valence-electron chi connectivity index (χ1n) is 8.32. The molecule has 0 aliphatic rings. The van der Waals surface area contributed by atoms with Gasteiger partial charge in [-0.05, 0) is 19.4 Å². The van der Waals surface area contributed by atoms with Gasteiger partial charge in [-0.3, -0.25) is 4.99 Å². The summed E-state index contributed by atoms with van der Waals surface area (Å²) in [4.78, 5) is 9.00. The van der Waals surface area contributed by atoms with Crippen molar-refractivity contribution in [2.75, 3.05) is 26.2 Å². The van der Waals surface area contributed by atoms with E-state index in [2.05, 4.69) is 45.0 Å². The molecule has 1 aromatic carbocycles. The number of guanidine groups is 1. The number of thiazole rings is 1. The Kier molecular flexibility index (Phi) is 8.27. The second kappa shape index (κ2) is 10.8. The van der Waals surface area contributed by atoms with Crippen molar-refractivity contribution < 1.29 is 4.74 Å². The van der Waals surface area contributed by atoms with Crippen LogP contribution >= 0.6 is 11.3 Å². The Morgan fingerprint density at radius 3 is 2.79 bits per heavy atom. The van der Waals surface area contributed by atoms with Crippen molar-refractivity contribution in [2.45, 2.75) is 26.9 Å². The van der Waals surface area contributed by atoms with Gasteiger partial charge in [0.2, 0.25) is 0 Å². The van der Waals surface area contributed by atoms with Crippen molar-refractivity contribution in [3.05, 3.63) is 52.0 Å². The predicted octanol–water partition coefficient (Wildman–Crippen LogP) is 2.77. The molecular weight excluding hydrogens is 320 g/mol. The molecule has 5 nitrogen and oxygen atoms in total. The Bertz CT molecular complexity index is 612. The summed E-state index contributed by atoms with van der Waals surface area (Å²) in [7, 11) is 0. The van der Waals surface area contributed by atoms with E-state index in [9.17, 15) is 0 Å². The zero-order chi connectivity index (χ0) is 17.0. The summed E-state index contributed by atoms with van der Waals surface area (Å²) in [6.45, 7) is 7.63. The average molecular weight is 347 g/mol. The zero-order valence-corrected chi connectivity index (χ0v) is 15.2. The number of nitrogens with one attached hydrogen (secondary N) is 2. The van der Waals surface area contributed by atoms with E-state index in [4.69, 9.17) is 4.74 Å². The minimum Gasteiger partial charge on any atom is -0.375 e. The van der Waals surface area contributed by atoms with E-state index in [1.807, 2.05) is 25.1 Å². The van der Waals surface area contributed by atoms with Gasteiger partial charge < -0.3 is 15.4 Å². The molecule has 2 N–H and O–H groups in total. The van der Waals surface area contributed by atoms with Crippen molar-refractivity contribution in [3.63, 3.8) is 0 Å². The molecule has 1 heterocycles. The maximum Gasteiger partial charge on any atom is 0.191 e. The Morgan fingerprint density at radius 2 is 2.08 bits per heavy atom. The third kappa shape index (κ3) is 7.10. The number of nitrogens with zero attached hydrogens (tertiary/aromatic N) is 2. The van der Waals surface area contributed by atoms with E-state index in [0.29, 0.717) is 19.8 Å². The molecule has 24 heavy (non-hydrogen) atoms. The van der Waals surface area contributed by atoms with E-state index >= 15 is 0 Å². The SMILES string of the molecule is CCNC(=NCCOCc1ccccc1)NCCc1csc(C)n1.